The SMILES string of the molecule is C[C@@H]1CN(C(=O)CCc2nc(-c3ccoc3)no2)C[C@H](C)N1. The minimum Gasteiger partial charge on any atom is -0.472 e. The van der Waals surface area contributed by atoms with Crippen LogP contribution in [0.4, 0.5) is 0 Å². The second kappa shape index (κ2) is 6.31. The lowest BCUT2D eigenvalue weighted by molar-refractivity contribution is -0.133. The van der Waals surface area contributed by atoms with E-state index in [4.69, 9.17) is 8.94 Å². The Morgan fingerprint density at radius 2 is 2.18 bits per heavy atom. The van der Waals surface area contributed by atoms with Crippen LogP contribution in [0.1, 0.15) is 26.2 Å². The molecule has 22 heavy (non-hydrogen) atoms. The molecule has 1 fully saturated rings. The number of hydrogen-bond acceptors (Lipinski definition) is 6. The summed E-state index contributed by atoms with van der Waals surface area (Å²) in [6.45, 7) is 5.66. The highest BCUT2D eigenvalue weighted by molar-refractivity contribution is 5.76. The fourth-order valence-electron chi connectivity index (χ4n) is 2.77. The fraction of sp³-hybridized carbons (Fsp3) is 0.533. The number of nitrogens with one attached hydrogen (secondary N) is 1. The summed E-state index contributed by atoms with van der Waals surface area (Å²) in [5.41, 5.74) is 0.770. The lowest BCUT2D eigenvalue weighted by atomic mass is 10.1. The third-order valence-corrected chi connectivity index (χ3v) is 3.71. The van der Waals surface area contributed by atoms with E-state index in [2.05, 4.69) is 29.3 Å². The van der Waals surface area contributed by atoms with E-state index >= 15 is 0 Å². The lowest BCUT2D eigenvalue weighted by Crippen LogP contribution is -2.55. The summed E-state index contributed by atoms with van der Waals surface area (Å²) in [5.74, 6) is 1.09. The molecule has 0 aliphatic carbocycles. The van der Waals surface area contributed by atoms with Crippen molar-refractivity contribution in [3.63, 3.8) is 0 Å². The lowest BCUT2D eigenvalue weighted by Gasteiger charge is -2.36. The van der Waals surface area contributed by atoms with Gasteiger partial charge < -0.3 is 19.2 Å². The van der Waals surface area contributed by atoms with Crippen molar-refractivity contribution in [1.82, 2.24) is 20.4 Å². The van der Waals surface area contributed by atoms with Gasteiger partial charge in [-0.2, -0.15) is 4.98 Å². The third kappa shape index (κ3) is 3.36. The summed E-state index contributed by atoms with van der Waals surface area (Å²) in [7, 11) is 0. The molecule has 0 spiro atoms. The smallest absolute Gasteiger partial charge is 0.227 e. The van der Waals surface area contributed by atoms with Crippen LogP contribution in [0.25, 0.3) is 11.4 Å². The molecule has 2 aromatic heterocycles. The second-order valence-corrected chi connectivity index (χ2v) is 5.79. The van der Waals surface area contributed by atoms with Crippen molar-refractivity contribution >= 4 is 5.91 Å². The Hall–Kier alpha value is -2.15. The van der Waals surface area contributed by atoms with Gasteiger partial charge in [-0.05, 0) is 19.9 Å². The maximum Gasteiger partial charge on any atom is 0.227 e. The number of hydrogen-bond donors (Lipinski definition) is 1. The standard InChI is InChI=1S/C15H20N4O3/c1-10-7-19(8-11(2)16-10)14(20)4-3-13-17-15(18-22-13)12-5-6-21-9-12/h5-6,9-11,16H,3-4,7-8H2,1-2H3/t10-,11+. The Morgan fingerprint density at radius 3 is 2.86 bits per heavy atom. The van der Waals surface area contributed by atoms with E-state index in [1.165, 1.54) is 0 Å². The monoisotopic (exact) mass is 304 g/mol. The van der Waals surface area contributed by atoms with Crippen molar-refractivity contribution in [2.24, 2.45) is 0 Å². The Labute approximate surface area is 128 Å². The minimum absolute atomic E-state index is 0.128. The molecule has 2 atom stereocenters. The van der Waals surface area contributed by atoms with Gasteiger partial charge in [0.25, 0.3) is 0 Å². The van der Waals surface area contributed by atoms with Crippen molar-refractivity contribution < 1.29 is 13.7 Å². The molecule has 2 aromatic rings. The van der Waals surface area contributed by atoms with Gasteiger partial charge in [0.15, 0.2) is 0 Å². The second-order valence-electron chi connectivity index (χ2n) is 5.79. The maximum absolute atomic E-state index is 12.3. The van der Waals surface area contributed by atoms with Gasteiger partial charge in [-0.1, -0.05) is 5.16 Å². The molecular formula is C15H20N4O3. The molecule has 1 aliphatic rings. The van der Waals surface area contributed by atoms with Gasteiger partial charge in [0, 0.05) is 38.0 Å². The van der Waals surface area contributed by atoms with Gasteiger partial charge >= 0.3 is 0 Å². The molecule has 1 amide bonds. The normalized spacial score (nSPS) is 22.0. The molecule has 0 saturated carbocycles. The molecule has 118 valence electrons. The number of aromatic nitrogens is 2. The van der Waals surface area contributed by atoms with Crippen LogP contribution in [0, 0.1) is 0 Å². The van der Waals surface area contributed by atoms with E-state index in [9.17, 15) is 4.79 Å². The van der Waals surface area contributed by atoms with Crippen molar-refractivity contribution in [2.75, 3.05) is 13.1 Å². The average molecular weight is 304 g/mol. The first-order valence-electron chi connectivity index (χ1n) is 7.51. The van der Waals surface area contributed by atoms with Crippen molar-refractivity contribution in [3.8, 4) is 11.4 Å². The zero-order valence-electron chi connectivity index (χ0n) is 12.8. The van der Waals surface area contributed by atoms with Crippen LogP contribution in [0.3, 0.4) is 0 Å². The van der Waals surface area contributed by atoms with Crippen molar-refractivity contribution in [3.05, 3.63) is 24.5 Å². The molecule has 0 bridgehead atoms. The van der Waals surface area contributed by atoms with Gasteiger partial charge in [0.2, 0.25) is 17.6 Å². The van der Waals surface area contributed by atoms with Crippen LogP contribution in [0.5, 0.6) is 0 Å². The molecule has 1 aliphatic heterocycles. The van der Waals surface area contributed by atoms with E-state index < -0.39 is 0 Å². The molecule has 7 nitrogen and oxygen atoms in total. The van der Waals surface area contributed by atoms with E-state index in [-0.39, 0.29) is 5.91 Å². The molecule has 0 aromatic carbocycles. The van der Waals surface area contributed by atoms with Crippen LogP contribution in [0.15, 0.2) is 27.5 Å². The number of carbonyl (C=O) groups excluding carboxylic acids is 1. The summed E-state index contributed by atoms with van der Waals surface area (Å²) in [5, 5.41) is 7.31. The van der Waals surface area contributed by atoms with Crippen LogP contribution >= 0.6 is 0 Å². The summed E-state index contributed by atoms with van der Waals surface area (Å²) >= 11 is 0. The number of carbonyl (C=O) groups is 1. The first-order valence-corrected chi connectivity index (χ1v) is 7.51. The topological polar surface area (TPSA) is 84.4 Å². The average Bonchev–Trinajstić information content (AvgIpc) is 3.14. The van der Waals surface area contributed by atoms with Crippen molar-refractivity contribution in [1.29, 1.82) is 0 Å². The Bertz CT molecular complexity index is 613. The van der Waals surface area contributed by atoms with E-state index in [0.29, 0.717) is 36.6 Å². The highest BCUT2D eigenvalue weighted by Crippen LogP contribution is 2.16. The predicted octanol–water partition coefficient (Wildman–Crippen LogP) is 1.47. The number of nitrogens with zero attached hydrogens (tertiary/aromatic N) is 3. The van der Waals surface area contributed by atoms with Crippen LogP contribution < -0.4 is 5.32 Å². The highest BCUT2D eigenvalue weighted by Gasteiger charge is 2.24. The molecule has 3 heterocycles. The predicted molar refractivity (Wildman–Crippen MR) is 79.0 cm³/mol. The first kappa shape index (κ1) is 14.8. The maximum atomic E-state index is 12.3. The first-order chi connectivity index (χ1) is 10.6. The van der Waals surface area contributed by atoms with Crippen LogP contribution in [-0.4, -0.2) is 46.1 Å². The Balaban J connectivity index is 1.55. The summed E-state index contributed by atoms with van der Waals surface area (Å²) < 4.78 is 10.2. The Morgan fingerprint density at radius 1 is 1.41 bits per heavy atom. The summed E-state index contributed by atoms with van der Waals surface area (Å²) in [6.07, 6.45) is 3.95. The minimum atomic E-state index is 0.128. The van der Waals surface area contributed by atoms with Gasteiger partial charge in [0.1, 0.15) is 6.26 Å². The molecule has 1 saturated heterocycles. The van der Waals surface area contributed by atoms with Gasteiger partial charge in [-0.25, -0.2) is 0 Å². The molecule has 0 radical (unpaired) electrons. The quantitative estimate of drug-likeness (QED) is 0.921. The van der Waals surface area contributed by atoms with Crippen LogP contribution in [0.2, 0.25) is 0 Å². The van der Waals surface area contributed by atoms with Gasteiger partial charge in [-0.15, -0.1) is 0 Å². The van der Waals surface area contributed by atoms with Crippen LogP contribution in [-0.2, 0) is 11.2 Å². The number of rotatable bonds is 4. The molecular weight excluding hydrogens is 284 g/mol. The molecule has 7 heteroatoms. The van der Waals surface area contributed by atoms with E-state index in [1.54, 1.807) is 18.6 Å². The van der Waals surface area contributed by atoms with E-state index in [0.717, 1.165) is 18.7 Å². The van der Waals surface area contributed by atoms with E-state index in [1.807, 2.05) is 4.90 Å². The molecule has 3 rings (SSSR count). The summed E-state index contributed by atoms with van der Waals surface area (Å²) in [6, 6.07) is 2.41. The highest BCUT2D eigenvalue weighted by atomic mass is 16.5. The zero-order valence-corrected chi connectivity index (χ0v) is 12.8. The largest absolute Gasteiger partial charge is 0.472 e. The zero-order chi connectivity index (χ0) is 15.5. The number of aryl methyl sites for hydroxylation is 1. The molecule has 0 unspecified atom stereocenters. The number of piperazine rings is 1. The number of amides is 1. The van der Waals surface area contributed by atoms with Gasteiger partial charge in [-0.3, -0.25) is 4.79 Å². The molecule has 1 N–H and O–H groups in total. The number of furan rings is 1. The third-order valence-electron chi connectivity index (χ3n) is 3.71. The van der Waals surface area contributed by atoms with Crippen molar-refractivity contribution in [2.45, 2.75) is 38.8 Å². The Kier molecular flexibility index (Phi) is 4.24. The fourth-order valence-corrected chi connectivity index (χ4v) is 2.77. The summed E-state index contributed by atoms with van der Waals surface area (Å²) in [4.78, 5) is 18.5. The van der Waals surface area contributed by atoms with Gasteiger partial charge in [0.05, 0.1) is 11.8 Å².